The number of hydrogen-bond donors (Lipinski definition) is 0. The molecule has 2 aliphatic heterocycles. The van der Waals surface area contributed by atoms with Crippen LogP contribution in [0.15, 0.2) is 91.0 Å². The first-order chi connectivity index (χ1) is 15.3. The summed E-state index contributed by atoms with van der Waals surface area (Å²) < 4.78 is 2.33. The number of aryl methyl sites for hydroxylation is 1. The lowest BCUT2D eigenvalue weighted by molar-refractivity contribution is 0.782. The van der Waals surface area contributed by atoms with E-state index in [2.05, 4.69) is 108 Å². The third-order valence-electron chi connectivity index (χ3n) is 7.66. The lowest BCUT2D eigenvalue weighted by atomic mass is 9.84. The zero-order chi connectivity index (χ0) is 20.3. The van der Waals surface area contributed by atoms with Crippen molar-refractivity contribution in [2.75, 3.05) is 4.90 Å². The Morgan fingerprint density at radius 2 is 1.65 bits per heavy atom. The summed E-state index contributed by atoms with van der Waals surface area (Å²) in [7, 11) is 2.18. The van der Waals surface area contributed by atoms with Gasteiger partial charge in [-0.25, -0.2) is 0 Å². The summed E-state index contributed by atoms with van der Waals surface area (Å²) in [5.41, 5.74) is 9.62. The van der Waals surface area contributed by atoms with Crippen LogP contribution in [0.25, 0.3) is 38.2 Å². The molecule has 4 aromatic carbocycles. The van der Waals surface area contributed by atoms with Crippen LogP contribution in [0.5, 0.6) is 0 Å². The molecule has 2 unspecified atom stereocenters. The van der Waals surface area contributed by atoms with Crippen LogP contribution >= 0.6 is 0 Å². The molecule has 0 radical (unpaired) electrons. The summed E-state index contributed by atoms with van der Waals surface area (Å²) in [5, 5.41) is 5.35. The third-order valence-corrected chi connectivity index (χ3v) is 7.66. The second-order valence-corrected chi connectivity index (χ2v) is 9.03. The van der Waals surface area contributed by atoms with E-state index in [1.165, 1.54) is 60.7 Å². The molecular formula is C29H20N2. The van der Waals surface area contributed by atoms with Crippen molar-refractivity contribution < 1.29 is 0 Å². The van der Waals surface area contributed by atoms with Gasteiger partial charge in [0.1, 0.15) is 0 Å². The molecule has 2 heteroatoms. The fraction of sp³-hybridized carbons (Fsp3) is 0.103. The van der Waals surface area contributed by atoms with Gasteiger partial charge in [-0.3, -0.25) is 0 Å². The minimum atomic E-state index is 0.381. The molecule has 0 amide bonds. The Labute approximate surface area is 180 Å². The number of rotatable bonds is 0. The van der Waals surface area contributed by atoms with Crippen molar-refractivity contribution >= 4 is 49.5 Å². The third kappa shape index (κ3) is 1.77. The standard InChI is InChI=1S/C29H20N2/c1-30-25-11-4-2-8-19(25)24-16-23-17(15-27(24)30)13-14-22-21-10-6-9-20-18-7-3-5-12-26(18)31(28(20)21)29(22)23/h2-16,21,28H,1H3. The maximum atomic E-state index is 2.62. The average Bonchev–Trinajstić information content (AvgIpc) is 3.43. The molecular weight excluding hydrogens is 376 g/mol. The van der Waals surface area contributed by atoms with Crippen molar-refractivity contribution in [3.63, 3.8) is 0 Å². The Morgan fingerprint density at radius 1 is 0.774 bits per heavy atom. The predicted octanol–water partition coefficient (Wildman–Crippen LogP) is 7.06. The fourth-order valence-electron chi connectivity index (χ4n) is 6.35. The van der Waals surface area contributed by atoms with Gasteiger partial charge in [0.15, 0.2) is 0 Å². The predicted molar refractivity (Wildman–Crippen MR) is 130 cm³/mol. The maximum Gasteiger partial charge on any atom is 0.0702 e. The molecule has 2 atom stereocenters. The van der Waals surface area contributed by atoms with Gasteiger partial charge in [0, 0.05) is 51.4 Å². The highest BCUT2D eigenvalue weighted by molar-refractivity contribution is 6.16. The maximum absolute atomic E-state index is 2.62. The van der Waals surface area contributed by atoms with Crippen LogP contribution in [0.3, 0.4) is 0 Å². The van der Waals surface area contributed by atoms with Gasteiger partial charge < -0.3 is 9.47 Å². The molecule has 3 aliphatic rings. The van der Waals surface area contributed by atoms with E-state index in [1.54, 1.807) is 0 Å². The Morgan fingerprint density at radius 3 is 2.61 bits per heavy atom. The lowest BCUT2D eigenvalue weighted by Crippen LogP contribution is -2.26. The lowest BCUT2D eigenvalue weighted by Gasteiger charge is -2.25. The van der Waals surface area contributed by atoms with Crippen LogP contribution in [0.1, 0.15) is 17.0 Å². The molecule has 3 heterocycles. The van der Waals surface area contributed by atoms with E-state index in [0.29, 0.717) is 12.0 Å². The molecule has 0 spiro atoms. The van der Waals surface area contributed by atoms with E-state index < -0.39 is 0 Å². The van der Waals surface area contributed by atoms with Crippen LogP contribution in [0.4, 0.5) is 11.4 Å². The summed E-state index contributed by atoms with van der Waals surface area (Å²) in [6.45, 7) is 0. The van der Waals surface area contributed by atoms with Gasteiger partial charge in [0.2, 0.25) is 0 Å². The number of anilines is 2. The highest BCUT2D eigenvalue weighted by Gasteiger charge is 2.47. The van der Waals surface area contributed by atoms with Crippen LogP contribution in [-0.2, 0) is 7.05 Å². The largest absolute Gasteiger partial charge is 0.344 e. The summed E-state index contributed by atoms with van der Waals surface area (Å²) >= 11 is 0. The Hall–Kier alpha value is -3.78. The Balaban J connectivity index is 1.53. The molecule has 1 aromatic heterocycles. The SMILES string of the molecule is Cn1c2ccccc2c2cc3c4c(ccc3cc21)C1C=CC=C2c3ccccc3N4C21. The minimum absolute atomic E-state index is 0.381. The normalized spacial score (nSPS) is 20.4. The minimum Gasteiger partial charge on any atom is -0.344 e. The van der Waals surface area contributed by atoms with Crippen molar-refractivity contribution in [2.24, 2.45) is 7.05 Å². The van der Waals surface area contributed by atoms with Crippen LogP contribution < -0.4 is 4.90 Å². The number of hydrogen-bond acceptors (Lipinski definition) is 1. The van der Waals surface area contributed by atoms with Gasteiger partial charge in [-0.1, -0.05) is 66.8 Å². The Kier molecular flexibility index (Phi) is 2.72. The molecule has 0 saturated carbocycles. The molecule has 2 nitrogen and oxygen atoms in total. The molecule has 0 bridgehead atoms. The van der Waals surface area contributed by atoms with E-state index in [1.807, 2.05) is 0 Å². The highest BCUT2D eigenvalue weighted by atomic mass is 15.2. The summed E-state index contributed by atoms with van der Waals surface area (Å²) in [5.74, 6) is 0.412. The summed E-state index contributed by atoms with van der Waals surface area (Å²) in [6.07, 6.45) is 6.96. The second kappa shape index (κ2) is 5.28. The van der Waals surface area contributed by atoms with Crippen molar-refractivity contribution in [3.05, 3.63) is 102 Å². The van der Waals surface area contributed by atoms with Crippen molar-refractivity contribution in [3.8, 4) is 0 Å². The first kappa shape index (κ1) is 16.0. The van der Waals surface area contributed by atoms with Gasteiger partial charge >= 0.3 is 0 Å². The molecule has 31 heavy (non-hydrogen) atoms. The quantitative estimate of drug-likeness (QED) is 0.272. The van der Waals surface area contributed by atoms with Gasteiger partial charge in [-0.2, -0.15) is 0 Å². The molecule has 0 saturated heterocycles. The van der Waals surface area contributed by atoms with Crippen molar-refractivity contribution in [2.45, 2.75) is 12.0 Å². The first-order valence-corrected chi connectivity index (χ1v) is 11.0. The topological polar surface area (TPSA) is 8.17 Å². The molecule has 146 valence electrons. The number of fused-ring (bicyclic) bond motifs is 11. The van der Waals surface area contributed by atoms with E-state index in [-0.39, 0.29) is 0 Å². The summed E-state index contributed by atoms with van der Waals surface area (Å²) in [6, 6.07) is 27.5. The number of nitrogens with zero attached hydrogens (tertiary/aromatic N) is 2. The van der Waals surface area contributed by atoms with E-state index in [9.17, 15) is 0 Å². The highest BCUT2D eigenvalue weighted by Crippen LogP contribution is 2.59. The van der Waals surface area contributed by atoms with E-state index in [0.717, 1.165) is 0 Å². The first-order valence-electron chi connectivity index (χ1n) is 11.0. The van der Waals surface area contributed by atoms with Crippen LogP contribution in [0, 0.1) is 0 Å². The fourth-order valence-corrected chi connectivity index (χ4v) is 6.35. The molecule has 1 aliphatic carbocycles. The Bertz CT molecular complexity index is 1660. The molecule has 0 fully saturated rings. The van der Waals surface area contributed by atoms with Gasteiger partial charge in [-0.15, -0.1) is 0 Å². The van der Waals surface area contributed by atoms with Crippen LogP contribution in [-0.4, -0.2) is 10.6 Å². The van der Waals surface area contributed by atoms with Gasteiger partial charge in [-0.05, 0) is 40.8 Å². The number of allylic oxidation sites excluding steroid dienone is 2. The zero-order valence-electron chi connectivity index (χ0n) is 17.2. The number of para-hydroxylation sites is 2. The van der Waals surface area contributed by atoms with E-state index >= 15 is 0 Å². The number of benzene rings is 4. The van der Waals surface area contributed by atoms with Gasteiger partial charge in [0.05, 0.1) is 11.7 Å². The van der Waals surface area contributed by atoms with Gasteiger partial charge in [0.25, 0.3) is 0 Å². The molecule has 5 aromatic rings. The molecule has 8 rings (SSSR count). The summed E-state index contributed by atoms with van der Waals surface area (Å²) in [4.78, 5) is 2.62. The monoisotopic (exact) mass is 396 g/mol. The van der Waals surface area contributed by atoms with E-state index in [4.69, 9.17) is 0 Å². The number of aromatic nitrogens is 1. The average molecular weight is 396 g/mol. The van der Waals surface area contributed by atoms with Crippen molar-refractivity contribution in [1.29, 1.82) is 0 Å². The zero-order valence-corrected chi connectivity index (χ0v) is 17.2. The smallest absolute Gasteiger partial charge is 0.0702 e. The van der Waals surface area contributed by atoms with Crippen LogP contribution in [0.2, 0.25) is 0 Å². The second-order valence-electron chi connectivity index (χ2n) is 9.03. The molecule has 0 N–H and O–H groups in total. The van der Waals surface area contributed by atoms with Crippen molar-refractivity contribution in [1.82, 2.24) is 4.57 Å².